The fourth-order valence-electron chi connectivity index (χ4n) is 1.29. The lowest BCUT2D eigenvalue weighted by Crippen LogP contribution is -2.22. The van der Waals surface area contributed by atoms with Gasteiger partial charge in [0.1, 0.15) is 18.2 Å². The van der Waals surface area contributed by atoms with E-state index >= 15 is 0 Å². The molecule has 1 rings (SSSR count). The molecule has 0 atom stereocenters. The largest absolute Gasteiger partial charge is 0.491 e. The van der Waals surface area contributed by atoms with Crippen molar-refractivity contribution in [3.63, 3.8) is 0 Å². The zero-order valence-electron chi connectivity index (χ0n) is 10.8. The van der Waals surface area contributed by atoms with E-state index in [1.165, 1.54) is 6.07 Å². The number of hydrogen-bond acceptors (Lipinski definition) is 4. The van der Waals surface area contributed by atoms with E-state index in [-0.39, 0.29) is 18.2 Å². The SMILES string of the molecule is CC(C)S(=O)(=O)CCOc1ccc(C(=N)N)cc1Cl. The first-order chi connectivity index (χ1) is 8.74. The van der Waals surface area contributed by atoms with Crippen LogP contribution in [-0.2, 0) is 9.84 Å². The van der Waals surface area contributed by atoms with Gasteiger partial charge in [-0.25, -0.2) is 8.42 Å². The Kier molecular flexibility index (Phi) is 5.20. The first-order valence-corrected chi connectivity index (χ1v) is 7.81. The first kappa shape index (κ1) is 15.8. The third-order valence-corrected chi connectivity index (χ3v) is 5.05. The van der Waals surface area contributed by atoms with Gasteiger partial charge in [0, 0.05) is 5.56 Å². The topological polar surface area (TPSA) is 93.2 Å². The van der Waals surface area contributed by atoms with Crippen LogP contribution in [0, 0.1) is 5.41 Å². The van der Waals surface area contributed by atoms with E-state index < -0.39 is 15.1 Å². The predicted octanol–water partition coefficient (Wildman–Crippen LogP) is 1.83. The van der Waals surface area contributed by atoms with Gasteiger partial charge in [-0.2, -0.15) is 0 Å². The van der Waals surface area contributed by atoms with Crippen LogP contribution in [0.1, 0.15) is 19.4 Å². The molecular formula is C12H17ClN2O3S. The molecule has 0 heterocycles. The van der Waals surface area contributed by atoms with E-state index in [1.54, 1.807) is 26.0 Å². The molecule has 19 heavy (non-hydrogen) atoms. The van der Waals surface area contributed by atoms with Gasteiger partial charge in [0.15, 0.2) is 9.84 Å². The van der Waals surface area contributed by atoms with Crippen LogP contribution in [0.2, 0.25) is 5.02 Å². The number of rotatable bonds is 6. The Morgan fingerprint density at radius 2 is 2.11 bits per heavy atom. The molecule has 0 fully saturated rings. The number of nitrogens with two attached hydrogens (primary N) is 1. The summed E-state index contributed by atoms with van der Waals surface area (Å²) in [6.45, 7) is 3.30. The van der Waals surface area contributed by atoms with Crippen LogP contribution in [0.5, 0.6) is 5.75 Å². The minimum absolute atomic E-state index is 0.0413. The zero-order valence-corrected chi connectivity index (χ0v) is 12.4. The minimum Gasteiger partial charge on any atom is -0.491 e. The number of sulfone groups is 1. The maximum Gasteiger partial charge on any atom is 0.155 e. The maximum atomic E-state index is 11.6. The number of ether oxygens (including phenoxy) is 1. The van der Waals surface area contributed by atoms with Gasteiger partial charge in [0.2, 0.25) is 0 Å². The van der Waals surface area contributed by atoms with Crippen LogP contribution >= 0.6 is 11.6 Å². The first-order valence-electron chi connectivity index (χ1n) is 5.72. The molecule has 0 bridgehead atoms. The van der Waals surface area contributed by atoms with E-state index in [1.807, 2.05) is 0 Å². The summed E-state index contributed by atoms with van der Waals surface area (Å²) in [6, 6.07) is 4.68. The van der Waals surface area contributed by atoms with Crippen molar-refractivity contribution in [2.75, 3.05) is 12.4 Å². The molecular weight excluding hydrogens is 288 g/mol. The second-order valence-corrected chi connectivity index (χ2v) is 7.41. The van der Waals surface area contributed by atoms with Crippen LogP contribution in [0.4, 0.5) is 0 Å². The molecule has 0 aliphatic rings. The van der Waals surface area contributed by atoms with Gasteiger partial charge in [-0.05, 0) is 32.0 Å². The molecule has 0 saturated heterocycles. The smallest absolute Gasteiger partial charge is 0.155 e. The van der Waals surface area contributed by atoms with E-state index in [2.05, 4.69) is 0 Å². The third kappa shape index (κ3) is 4.40. The van der Waals surface area contributed by atoms with E-state index in [4.69, 9.17) is 27.5 Å². The Morgan fingerprint density at radius 1 is 1.47 bits per heavy atom. The molecule has 0 spiro atoms. The fraction of sp³-hybridized carbons (Fsp3) is 0.417. The van der Waals surface area contributed by atoms with Crippen molar-refractivity contribution in [3.05, 3.63) is 28.8 Å². The van der Waals surface area contributed by atoms with Gasteiger partial charge in [0.05, 0.1) is 16.0 Å². The lowest BCUT2D eigenvalue weighted by atomic mass is 10.2. The fourth-order valence-corrected chi connectivity index (χ4v) is 2.31. The highest BCUT2D eigenvalue weighted by atomic mass is 35.5. The van der Waals surface area contributed by atoms with Crippen molar-refractivity contribution in [1.82, 2.24) is 0 Å². The summed E-state index contributed by atoms with van der Waals surface area (Å²) in [5.41, 5.74) is 5.82. The highest BCUT2D eigenvalue weighted by molar-refractivity contribution is 7.91. The van der Waals surface area contributed by atoms with Gasteiger partial charge in [-0.3, -0.25) is 5.41 Å². The Balaban J connectivity index is 2.67. The van der Waals surface area contributed by atoms with Crippen molar-refractivity contribution in [1.29, 1.82) is 5.41 Å². The van der Waals surface area contributed by atoms with Crippen LogP contribution in [0.15, 0.2) is 18.2 Å². The van der Waals surface area contributed by atoms with Gasteiger partial charge in [0.25, 0.3) is 0 Å². The van der Waals surface area contributed by atoms with Gasteiger partial charge >= 0.3 is 0 Å². The second-order valence-electron chi connectivity index (χ2n) is 4.32. The summed E-state index contributed by atoms with van der Waals surface area (Å²) < 4.78 is 28.5. The summed E-state index contributed by atoms with van der Waals surface area (Å²) in [7, 11) is -3.12. The molecule has 7 heteroatoms. The van der Waals surface area contributed by atoms with Crippen LogP contribution in [-0.4, -0.2) is 31.9 Å². The molecule has 0 radical (unpaired) electrons. The second kappa shape index (κ2) is 6.25. The van der Waals surface area contributed by atoms with Crippen molar-refractivity contribution < 1.29 is 13.2 Å². The molecule has 1 aromatic carbocycles. The third-order valence-electron chi connectivity index (χ3n) is 2.59. The summed E-state index contributed by atoms with van der Waals surface area (Å²) in [5.74, 6) is 0.233. The molecule has 0 amide bonds. The normalized spacial score (nSPS) is 11.6. The Bertz CT molecular complexity index is 570. The minimum atomic E-state index is -3.12. The molecule has 5 nitrogen and oxygen atoms in total. The van der Waals surface area contributed by atoms with Crippen LogP contribution in [0.25, 0.3) is 0 Å². The number of nitrogen functional groups attached to an aromatic ring is 1. The molecule has 1 aromatic rings. The van der Waals surface area contributed by atoms with Crippen molar-refractivity contribution in [2.45, 2.75) is 19.1 Å². The Labute approximate surface area is 118 Å². The Hall–Kier alpha value is -1.27. The van der Waals surface area contributed by atoms with E-state index in [9.17, 15) is 8.42 Å². The van der Waals surface area contributed by atoms with E-state index in [0.29, 0.717) is 16.3 Å². The molecule has 0 aromatic heterocycles. The maximum absolute atomic E-state index is 11.6. The van der Waals surface area contributed by atoms with E-state index in [0.717, 1.165) is 0 Å². The van der Waals surface area contributed by atoms with Crippen molar-refractivity contribution >= 4 is 27.3 Å². The number of hydrogen-bond donors (Lipinski definition) is 2. The zero-order chi connectivity index (χ0) is 14.6. The van der Waals surface area contributed by atoms with Gasteiger partial charge in [-0.1, -0.05) is 11.6 Å². The number of nitrogens with one attached hydrogen (secondary N) is 1. The van der Waals surface area contributed by atoms with Crippen LogP contribution < -0.4 is 10.5 Å². The summed E-state index contributed by atoms with van der Waals surface area (Å²) in [4.78, 5) is 0. The van der Waals surface area contributed by atoms with Crippen LogP contribution in [0.3, 0.4) is 0 Å². The summed E-state index contributed by atoms with van der Waals surface area (Å²) >= 11 is 5.96. The quantitative estimate of drug-likeness (QED) is 0.619. The molecule has 0 aliphatic heterocycles. The monoisotopic (exact) mass is 304 g/mol. The average Bonchev–Trinajstić information content (AvgIpc) is 2.30. The lowest BCUT2D eigenvalue weighted by Gasteiger charge is -2.11. The predicted molar refractivity (Wildman–Crippen MR) is 76.9 cm³/mol. The molecule has 0 unspecified atom stereocenters. The number of halogens is 1. The highest BCUT2D eigenvalue weighted by Crippen LogP contribution is 2.25. The summed E-state index contributed by atoms with van der Waals surface area (Å²) in [5, 5.41) is 7.14. The molecule has 0 aliphatic carbocycles. The molecule has 106 valence electrons. The lowest BCUT2D eigenvalue weighted by molar-refractivity contribution is 0.340. The van der Waals surface area contributed by atoms with Crippen molar-refractivity contribution in [2.24, 2.45) is 5.73 Å². The summed E-state index contributed by atoms with van der Waals surface area (Å²) in [6.07, 6.45) is 0. The average molecular weight is 305 g/mol. The highest BCUT2D eigenvalue weighted by Gasteiger charge is 2.16. The number of amidine groups is 1. The number of benzene rings is 1. The van der Waals surface area contributed by atoms with Gasteiger partial charge < -0.3 is 10.5 Å². The molecule has 3 N–H and O–H groups in total. The standard InChI is InChI=1S/C12H17ClN2O3S/c1-8(2)19(16,17)6-5-18-11-4-3-9(12(14)15)7-10(11)13/h3-4,7-8H,5-6H2,1-2H3,(H3,14,15). The molecule has 0 saturated carbocycles. The van der Waals surface area contributed by atoms with Crippen molar-refractivity contribution in [3.8, 4) is 5.75 Å². The van der Waals surface area contributed by atoms with Gasteiger partial charge in [-0.15, -0.1) is 0 Å². The Morgan fingerprint density at radius 3 is 2.58 bits per heavy atom.